The summed E-state index contributed by atoms with van der Waals surface area (Å²) in [7, 11) is 0. The number of carbonyl (C=O) groups excluding carboxylic acids is 1. The second-order valence-electron chi connectivity index (χ2n) is 7.23. The minimum atomic E-state index is -4.62. The zero-order valence-electron chi connectivity index (χ0n) is 17.5. The SMILES string of the molecule is CC(c1ncccn1)N(Cc1cnc(C(F)(F)F)cn1)C(=O)c1cnc2nc(N)c(Br)cc2c1. The maximum Gasteiger partial charge on any atom is 0.434 e. The average molecular weight is 533 g/mol. The molecule has 34 heavy (non-hydrogen) atoms. The first-order valence-corrected chi connectivity index (χ1v) is 10.6. The number of aromatic nitrogens is 6. The molecule has 4 aromatic heterocycles. The van der Waals surface area contributed by atoms with Crippen LogP contribution in [0, 0.1) is 0 Å². The molecule has 13 heteroatoms. The van der Waals surface area contributed by atoms with Gasteiger partial charge < -0.3 is 10.6 Å². The molecule has 0 aliphatic heterocycles. The number of alkyl halides is 3. The van der Waals surface area contributed by atoms with Gasteiger partial charge in [0.15, 0.2) is 11.3 Å². The molecule has 1 unspecified atom stereocenters. The van der Waals surface area contributed by atoms with Crippen LogP contribution in [0.1, 0.15) is 40.5 Å². The standard InChI is InChI=1S/C21H16BrF3N8O/c1-11(18-27-3-2-4-28-18)33(10-14-8-30-16(9-29-14)21(23,24)25)20(34)13-5-12-6-15(22)17(26)32-19(12)31-7-13/h2-9,11H,10H2,1H3,(H2,26,31,32). The van der Waals surface area contributed by atoms with Crippen LogP contribution in [-0.4, -0.2) is 40.7 Å². The largest absolute Gasteiger partial charge is 0.434 e. The fourth-order valence-electron chi connectivity index (χ4n) is 3.14. The number of hydrogen-bond acceptors (Lipinski definition) is 8. The minimum absolute atomic E-state index is 0.134. The van der Waals surface area contributed by atoms with Crippen LogP contribution in [-0.2, 0) is 12.7 Å². The van der Waals surface area contributed by atoms with Crippen molar-refractivity contribution in [2.45, 2.75) is 25.7 Å². The molecule has 0 bridgehead atoms. The smallest absolute Gasteiger partial charge is 0.383 e. The van der Waals surface area contributed by atoms with Crippen molar-refractivity contribution in [3.63, 3.8) is 0 Å². The molecule has 0 radical (unpaired) electrons. The van der Waals surface area contributed by atoms with E-state index in [4.69, 9.17) is 5.73 Å². The highest BCUT2D eigenvalue weighted by Crippen LogP contribution is 2.28. The number of pyridine rings is 2. The second-order valence-corrected chi connectivity index (χ2v) is 8.09. The Kier molecular flexibility index (Phi) is 6.37. The van der Waals surface area contributed by atoms with Crippen LogP contribution in [0.25, 0.3) is 11.0 Å². The van der Waals surface area contributed by atoms with Crippen LogP contribution in [0.3, 0.4) is 0 Å². The molecular formula is C21H16BrF3N8O. The predicted octanol–water partition coefficient (Wildman–Crippen LogP) is 3.98. The lowest BCUT2D eigenvalue weighted by Gasteiger charge is -2.28. The highest BCUT2D eigenvalue weighted by molar-refractivity contribution is 9.10. The van der Waals surface area contributed by atoms with Crippen molar-refractivity contribution in [1.82, 2.24) is 34.8 Å². The minimum Gasteiger partial charge on any atom is -0.383 e. The predicted molar refractivity (Wildman–Crippen MR) is 119 cm³/mol. The molecule has 1 amide bonds. The molecule has 174 valence electrons. The summed E-state index contributed by atoms with van der Waals surface area (Å²) in [5, 5.41) is 0.574. The van der Waals surface area contributed by atoms with E-state index < -0.39 is 23.8 Å². The van der Waals surface area contributed by atoms with Crippen LogP contribution in [0.4, 0.5) is 19.0 Å². The van der Waals surface area contributed by atoms with Crippen molar-refractivity contribution in [3.8, 4) is 0 Å². The summed E-state index contributed by atoms with van der Waals surface area (Å²) in [5.41, 5.74) is 5.42. The number of rotatable bonds is 5. The van der Waals surface area contributed by atoms with Gasteiger partial charge in [0.2, 0.25) is 0 Å². The van der Waals surface area contributed by atoms with E-state index in [1.807, 2.05) is 0 Å². The Morgan fingerprint density at radius 2 is 1.82 bits per heavy atom. The molecule has 1 atom stereocenters. The summed E-state index contributed by atoms with van der Waals surface area (Å²) in [4.78, 5) is 39.0. The van der Waals surface area contributed by atoms with Gasteiger partial charge in [-0.25, -0.2) is 24.9 Å². The van der Waals surface area contributed by atoms with Crippen LogP contribution in [0.5, 0.6) is 0 Å². The Labute approximate surface area is 199 Å². The van der Waals surface area contributed by atoms with Crippen molar-refractivity contribution >= 4 is 38.7 Å². The number of halogens is 4. The number of nitrogens with zero attached hydrogens (tertiary/aromatic N) is 7. The number of anilines is 1. The van der Waals surface area contributed by atoms with Crippen LogP contribution < -0.4 is 5.73 Å². The first kappa shape index (κ1) is 23.4. The van der Waals surface area contributed by atoms with Crippen LogP contribution in [0.2, 0.25) is 0 Å². The zero-order chi connectivity index (χ0) is 24.5. The van der Waals surface area contributed by atoms with E-state index in [9.17, 15) is 18.0 Å². The Morgan fingerprint density at radius 3 is 2.47 bits per heavy atom. The molecule has 0 spiro atoms. The molecule has 4 rings (SSSR count). The lowest BCUT2D eigenvalue weighted by atomic mass is 10.1. The number of nitrogen functional groups attached to an aromatic ring is 1. The van der Waals surface area contributed by atoms with Gasteiger partial charge >= 0.3 is 6.18 Å². The van der Waals surface area contributed by atoms with E-state index in [-0.39, 0.29) is 23.6 Å². The first-order valence-electron chi connectivity index (χ1n) is 9.81. The highest BCUT2D eigenvalue weighted by atomic mass is 79.9. The number of amides is 1. The molecule has 0 aliphatic carbocycles. The summed E-state index contributed by atoms with van der Waals surface area (Å²) in [6.45, 7) is 1.57. The molecule has 0 saturated carbocycles. The van der Waals surface area contributed by atoms with E-state index in [2.05, 4.69) is 45.8 Å². The average Bonchev–Trinajstić information content (AvgIpc) is 2.82. The lowest BCUT2D eigenvalue weighted by molar-refractivity contribution is -0.141. The van der Waals surface area contributed by atoms with Gasteiger partial charge in [-0.15, -0.1) is 0 Å². The third kappa shape index (κ3) is 4.93. The number of nitrogens with two attached hydrogens (primary N) is 1. The normalized spacial score (nSPS) is 12.5. The van der Waals surface area contributed by atoms with Gasteiger partial charge in [-0.3, -0.25) is 9.78 Å². The summed E-state index contributed by atoms with van der Waals surface area (Å²) in [6, 6.07) is 4.29. The summed E-state index contributed by atoms with van der Waals surface area (Å²) in [5.74, 6) is 0.155. The van der Waals surface area contributed by atoms with Crippen molar-refractivity contribution in [1.29, 1.82) is 0 Å². The molecule has 0 aliphatic rings. The van der Waals surface area contributed by atoms with Gasteiger partial charge in [0, 0.05) is 24.0 Å². The van der Waals surface area contributed by atoms with E-state index in [0.29, 0.717) is 27.5 Å². The van der Waals surface area contributed by atoms with Crippen molar-refractivity contribution < 1.29 is 18.0 Å². The van der Waals surface area contributed by atoms with Gasteiger partial charge in [0.1, 0.15) is 11.6 Å². The third-order valence-corrected chi connectivity index (χ3v) is 5.55. The van der Waals surface area contributed by atoms with Crippen molar-refractivity contribution in [3.05, 3.63) is 76.4 Å². The van der Waals surface area contributed by atoms with Crippen LogP contribution in [0.15, 0.2) is 53.7 Å². The molecule has 2 N–H and O–H groups in total. The quantitative estimate of drug-likeness (QED) is 0.409. The fourth-order valence-corrected chi connectivity index (χ4v) is 3.48. The number of carbonyl (C=O) groups is 1. The van der Waals surface area contributed by atoms with Gasteiger partial charge in [-0.1, -0.05) is 0 Å². The fraction of sp³-hybridized carbons (Fsp3) is 0.190. The molecule has 9 nitrogen and oxygen atoms in total. The second kappa shape index (κ2) is 9.25. The third-order valence-electron chi connectivity index (χ3n) is 4.91. The maximum atomic E-state index is 13.5. The maximum absolute atomic E-state index is 13.5. The first-order chi connectivity index (χ1) is 16.1. The molecule has 4 aromatic rings. The summed E-state index contributed by atoms with van der Waals surface area (Å²) < 4.78 is 39.1. The Balaban J connectivity index is 1.70. The van der Waals surface area contributed by atoms with Gasteiger partial charge in [-0.05, 0) is 41.1 Å². The summed E-state index contributed by atoms with van der Waals surface area (Å²) >= 11 is 3.30. The number of fused-ring (bicyclic) bond motifs is 1. The Bertz CT molecular complexity index is 1340. The summed E-state index contributed by atoms with van der Waals surface area (Å²) in [6.07, 6.45) is 1.43. The Morgan fingerprint density at radius 1 is 1.09 bits per heavy atom. The molecule has 0 saturated heterocycles. The van der Waals surface area contributed by atoms with Crippen molar-refractivity contribution in [2.75, 3.05) is 5.73 Å². The van der Waals surface area contributed by atoms with Gasteiger partial charge in [0.25, 0.3) is 5.91 Å². The zero-order valence-corrected chi connectivity index (χ0v) is 19.1. The van der Waals surface area contributed by atoms with E-state index in [1.165, 1.54) is 23.5 Å². The van der Waals surface area contributed by atoms with Crippen molar-refractivity contribution in [2.24, 2.45) is 0 Å². The topological polar surface area (TPSA) is 124 Å². The molecule has 4 heterocycles. The van der Waals surface area contributed by atoms with Crippen LogP contribution >= 0.6 is 15.9 Å². The van der Waals surface area contributed by atoms with Gasteiger partial charge in [-0.2, -0.15) is 13.2 Å². The van der Waals surface area contributed by atoms with E-state index in [0.717, 1.165) is 6.20 Å². The molecule has 0 fully saturated rings. The highest BCUT2D eigenvalue weighted by Gasteiger charge is 2.33. The monoisotopic (exact) mass is 532 g/mol. The van der Waals surface area contributed by atoms with E-state index in [1.54, 1.807) is 25.1 Å². The number of hydrogen-bond donors (Lipinski definition) is 1. The lowest BCUT2D eigenvalue weighted by Crippen LogP contribution is -2.34. The molecular weight excluding hydrogens is 517 g/mol. The molecule has 0 aromatic carbocycles. The van der Waals surface area contributed by atoms with Gasteiger partial charge in [0.05, 0.1) is 40.7 Å². The van der Waals surface area contributed by atoms with E-state index >= 15 is 0 Å². The Hall–Kier alpha value is -3.74.